The lowest BCUT2D eigenvalue weighted by atomic mass is 9.96. The lowest BCUT2D eigenvalue weighted by molar-refractivity contribution is -0.144. The van der Waals surface area contributed by atoms with Crippen LogP contribution in [-0.4, -0.2) is 90.1 Å². The fourth-order valence-corrected chi connectivity index (χ4v) is 6.70. The number of nitrogens with one attached hydrogen (secondary N) is 1. The highest BCUT2D eigenvalue weighted by Crippen LogP contribution is 2.31. The molecule has 3 aromatic rings. The number of piperazine rings is 1. The fraction of sp³-hybridized carbons (Fsp3) is 0.486. The molecule has 10 nitrogen and oxygen atoms in total. The van der Waals surface area contributed by atoms with E-state index >= 15 is 0 Å². The van der Waals surface area contributed by atoms with Gasteiger partial charge in [0.2, 0.25) is 11.8 Å². The molecule has 2 aliphatic heterocycles. The zero-order valence-corrected chi connectivity index (χ0v) is 28.9. The third-order valence-electron chi connectivity index (χ3n) is 8.75. The summed E-state index contributed by atoms with van der Waals surface area (Å²) in [6.07, 6.45) is 4.20. The molecule has 1 atom stereocenters. The first-order chi connectivity index (χ1) is 22.6. The molecule has 4 heterocycles. The van der Waals surface area contributed by atoms with Gasteiger partial charge in [0.15, 0.2) is 0 Å². The van der Waals surface area contributed by atoms with E-state index in [4.69, 9.17) is 42.6 Å². The highest BCUT2D eigenvalue weighted by molar-refractivity contribution is 6.35. The zero-order chi connectivity index (χ0) is 33.3. The van der Waals surface area contributed by atoms with Gasteiger partial charge in [-0.2, -0.15) is 0 Å². The van der Waals surface area contributed by atoms with E-state index in [2.05, 4.69) is 33.0 Å². The van der Waals surface area contributed by atoms with Crippen molar-refractivity contribution in [2.45, 2.75) is 52.6 Å². The summed E-state index contributed by atoms with van der Waals surface area (Å²) < 4.78 is 11.4. The number of likely N-dealkylation sites (tertiary alicyclic amines) is 1. The van der Waals surface area contributed by atoms with Crippen LogP contribution in [0.5, 0.6) is 11.6 Å². The van der Waals surface area contributed by atoms with Crippen molar-refractivity contribution in [1.29, 1.82) is 0 Å². The second-order valence-electron chi connectivity index (χ2n) is 12.3. The molecule has 0 spiro atoms. The second-order valence-corrected chi connectivity index (χ2v) is 13.2. The van der Waals surface area contributed by atoms with Gasteiger partial charge >= 0.3 is 5.97 Å². The Balaban J connectivity index is 1.24. The number of esters is 1. The molecule has 1 amide bonds. The number of benzene rings is 1. The van der Waals surface area contributed by atoms with Crippen molar-refractivity contribution in [2.75, 3.05) is 57.3 Å². The van der Waals surface area contributed by atoms with Crippen LogP contribution >= 0.6 is 23.2 Å². The number of carbonyl (C=O) groups excluding carboxylic acids is 2. The van der Waals surface area contributed by atoms with Crippen LogP contribution in [0.1, 0.15) is 45.6 Å². The summed E-state index contributed by atoms with van der Waals surface area (Å²) in [6.45, 7) is 12.6. The van der Waals surface area contributed by atoms with Crippen LogP contribution in [0.25, 0.3) is 11.3 Å². The van der Waals surface area contributed by atoms with E-state index in [1.54, 1.807) is 19.2 Å². The number of anilines is 1. The minimum atomic E-state index is -0.150. The first-order valence-corrected chi connectivity index (χ1v) is 17.1. The predicted octanol–water partition coefficient (Wildman–Crippen LogP) is 6.05. The number of ether oxygens (including phenoxy) is 2. The number of aromatic nitrogens is 2. The Morgan fingerprint density at radius 2 is 1.72 bits per heavy atom. The van der Waals surface area contributed by atoms with Gasteiger partial charge in [0.25, 0.3) is 0 Å². The Morgan fingerprint density at radius 1 is 1.00 bits per heavy atom. The average molecular weight is 684 g/mol. The zero-order valence-electron chi connectivity index (χ0n) is 27.4. The number of pyridine rings is 2. The monoisotopic (exact) mass is 682 g/mol. The fourth-order valence-electron chi connectivity index (χ4n) is 6.17. The maximum Gasteiger partial charge on any atom is 0.307 e. The quantitative estimate of drug-likeness (QED) is 0.229. The van der Waals surface area contributed by atoms with E-state index in [9.17, 15) is 9.59 Å². The third kappa shape index (κ3) is 10.3. The maximum absolute atomic E-state index is 11.9. The van der Waals surface area contributed by atoms with E-state index in [1.807, 2.05) is 37.3 Å². The topological polar surface area (TPSA) is 100 Å². The van der Waals surface area contributed by atoms with E-state index < -0.39 is 0 Å². The third-order valence-corrected chi connectivity index (χ3v) is 9.18. The highest BCUT2D eigenvalue weighted by atomic mass is 35.5. The summed E-state index contributed by atoms with van der Waals surface area (Å²) >= 11 is 12.7. The number of rotatable bonds is 12. The molecule has 0 bridgehead atoms. The Labute approximate surface area is 287 Å². The standard InChI is InChI=1S/C35H44Cl2N6O4/c1-4-46-35(45)15-24(2)42-11-13-43(14-12-42)33-6-5-31(22-39-33)47-34-17-27(16-32(40-34)28-18-29(36)20-30(37)19-28)23-41-9-7-26(8-10-41)21-38-25(3)44/h5-6,16-20,22,24,26H,4,7-15,21,23H2,1-3H3,(H,38,44). The minimum absolute atomic E-state index is 0.0205. The summed E-state index contributed by atoms with van der Waals surface area (Å²) in [5, 5.41) is 4.03. The molecule has 1 aromatic carbocycles. The summed E-state index contributed by atoms with van der Waals surface area (Å²) in [5.74, 6) is 2.31. The van der Waals surface area contributed by atoms with E-state index in [0.717, 1.165) is 87.8 Å². The summed E-state index contributed by atoms with van der Waals surface area (Å²) in [7, 11) is 0. The number of halogens is 2. The van der Waals surface area contributed by atoms with Crippen molar-refractivity contribution in [1.82, 2.24) is 25.1 Å². The maximum atomic E-state index is 11.9. The molecular formula is C35H44Cl2N6O4. The van der Waals surface area contributed by atoms with Crippen LogP contribution in [0.15, 0.2) is 48.7 Å². The molecule has 0 saturated carbocycles. The minimum Gasteiger partial charge on any atom is -0.466 e. The Hall–Kier alpha value is -3.44. The predicted molar refractivity (Wildman–Crippen MR) is 185 cm³/mol. The normalized spacial score (nSPS) is 16.9. The first kappa shape index (κ1) is 34.9. The van der Waals surface area contributed by atoms with Crippen LogP contribution in [0.3, 0.4) is 0 Å². The molecule has 1 N–H and O–H groups in total. The van der Waals surface area contributed by atoms with Gasteiger partial charge in [0, 0.05) is 73.9 Å². The molecule has 252 valence electrons. The summed E-state index contributed by atoms with van der Waals surface area (Å²) in [5.41, 5.74) is 2.61. The van der Waals surface area contributed by atoms with Gasteiger partial charge in [-0.05, 0) is 87.7 Å². The molecule has 1 unspecified atom stereocenters. The van der Waals surface area contributed by atoms with Crippen LogP contribution < -0.4 is 15.0 Å². The molecule has 12 heteroatoms. The van der Waals surface area contributed by atoms with Gasteiger partial charge in [0.05, 0.1) is 24.9 Å². The summed E-state index contributed by atoms with van der Waals surface area (Å²) in [4.78, 5) is 39.8. The Morgan fingerprint density at radius 3 is 2.36 bits per heavy atom. The lowest BCUT2D eigenvalue weighted by Gasteiger charge is -2.38. The number of piperidine rings is 1. The highest BCUT2D eigenvalue weighted by Gasteiger charge is 2.24. The number of nitrogens with zero attached hydrogens (tertiary/aromatic N) is 5. The van der Waals surface area contributed by atoms with Crippen molar-refractivity contribution < 1.29 is 19.1 Å². The number of amides is 1. The van der Waals surface area contributed by atoms with Crippen LogP contribution in [0.2, 0.25) is 10.0 Å². The summed E-state index contributed by atoms with van der Waals surface area (Å²) in [6, 6.07) is 13.5. The first-order valence-electron chi connectivity index (χ1n) is 16.4. The van der Waals surface area contributed by atoms with E-state index in [-0.39, 0.29) is 17.9 Å². The van der Waals surface area contributed by atoms with Gasteiger partial charge in [0.1, 0.15) is 11.6 Å². The van der Waals surface area contributed by atoms with Gasteiger partial charge in [-0.25, -0.2) is 9.97 Å². The smallest absolute Gasteiger partial charge is 0.307 e. The van der Waals surface area contributed by atoms with Gasteiger partial charge in [-0.15, -0.1) is 0 Å². The van der Waals surface area contributed by atoms with Crippen LogP contribution in [0, 0.1) is 5.92 Å². The molecule has 5 rings (SSSR count). The molecule has 2 aliphatic rings. The largest absolute Gasteiger partial charge is 0.466 e. The molecular weight excluding hydrogens is 639 g/mol. The van der Waals surface area contributed by atoms with E-state index in [1.165, 1.54) is 0 Å². The van der Waals surface area contributed by atoms with Crippen molar-refractivity contribution in [3.63, 3.8) is 0 Å². The molecule has 2 aromatic heterocycles. The van der Waals surface area contributed by atoms with Gasteiger partial charge in [-0.3, -0.25) is 19.4 Å². The molecule has 0 aliphatic carbocycles. The lowest BCUT2D eigenvalue weighted by Crippen LogP contribution is -2.50. The molecule has 0 radical (unpaired) electrons. The molecule has 2 saturated heterocycles. The van der Waals surface area contributed by atoms with Crippen LogP contribution in [-0.2, 0) is 20.9 Å². The van der Waals surface area contributed by atoms with E-state index in [0.29, 0.717) is 40.6 Å². The Bertz CT molecular complexity index is 1490. The molecule has 2 fully saturated rings. The van der Waals surface area contributed by atoms with Crippen LogP contribution in [0.4, 0.5) is 5.82 Å². The number of hydrogen-bond donors (Lipinski definition) is 1. The average Bonchev–Trinajstić information content (AvgIpc) is 3.04. The molecule has 47 heavy (non-hydrogen) atoms. The number of carbonyl (C=O) groups is 2. The Kier molecular flexibility index (Phi) is 12.3. The van der Waals surface area contributed by atoms with Crippen molar-refractivity contribution >= 4 is 40.9 Å². The van der Waals surface area contributed by atoms with Crippen molar-refractivity contribution in [3.8, 4) is 22.9 Å². The van der Waals surface area contributed by atoms with Crippen molar-refractivity contribution in [2.24, 2.45) is 5.92 Å². The van der Waals surface area contributed by atoms with Gasteiger partial charge in [-0.1, -0.05) is 23.2 Å². The van der Waals surface area contributed by atoms with Gasteiger partial charge < -0.3 is 19.7 Å². The number of hydrogen-bond acceptors (Lipinski definition) is 9. The second kappa shape index (κ2) is 16.6. The van der Waals surface area contributed by atoms with Crippen molar-refractivity contribution in [3.05, 3.63) is 64.3 Å². The SMILES string of the molecule is CCOC(=O)CC(C)N1CCN(c2ccc(Oc3cc(CN4CCC(CNC(C)=O)CC4)cc(-c4cc(Cl)cc(Cl)c4)n3)cn2)CC1.